The molecule has 0 radical (unpaired) electrons. The van der Waals surface area contributed by atoms with Gasteiger partial charge in [-0.1, -0.05) is 62.5 Å². The maximum Gasteiger partial charge on any atom is 0.261 e. The summed E-state index contributed by atoms with van der Waals surface area (Å²) in [5.74, 6) is -0.0892. The van der Waals surface area contributed by atoms with Crippen LogP contribution in [0.15, 0.2) is 51.4 Å². The Kier molecular flexibility index (Phi) is 9.65. The lowest BCUT2D eigenvalue weighted by atomic mass is 10.1. The van der Waals surface area contributed by atoms with Gasteiger partial charge in [-0.3, -0.25) is 9.59 Å². The molecule has 162 valence electrons. The lowest BCUT2D eigenvalue weighted by Crippen LogP contribution is -2.50. The van der Waals surface area contributed by atoms with E-state index in [1.165, 1.54) is 4.90 Å². The molecule has 8 heteroatoms. The van der Waals surface area contributed by atoms with Crippen molar-refractivity contribution in [3.05, 3.63) is 62.0 Å². The molecule has 2 amide bonds. The van der Waals surface area contributed by atoms with Crippen molar-refractivity contribution in [2.45, 2.75) is 45.8 Å². The number of halogens is 3. The van der Waals surface area contributed by atoms with E-state index in [2.05, 4.69) is 37.2 Å². The largest absolute Gasteiger partial charge is 0.482 e. The van der Waals surface area contributed by atoms with Gasteiger partial charge in [-0.15, -0.1) is 0 Å². The van der Waals surface area contributed by atoms with Crippen molar-refractivity contribution >= 4 is 55.3 Å². The van der Waals surface area contributed by atoms with Crippen LogP contribution in [0.25, 0.3) is 0 Å². The van der Waals surface area contributed by atoms with Crippen LogP contribution in [0.5, 0.6) is 5.75 Å². The second kappa shape index (κ2) is 11.7. The first-order valence-corrected chi connectivity index (χ1v) is 11.6. The number of carbonyl (C=O) groups excluding carboxylic acids is 2. The molecule has 0 aromatic heterocycles. The van der Waals surface area contributed by atoms with Crippen molar-refractivity contribution in [3.8, 4) is 5.75 Å². The predicted octanol–water partition coefficient (Wildman–Crippen LogP) is 5.58. The third kappa shape index (κ3) is 7.29. The summed E-state index contributed by atoms with van der Waals surface area (Å²) in [6, 6.07) is 12.2. The summed E-state index contributed by atoms with van der Waals surface area (Å²) in [7, 11) is 0. The first-order chi connectivity index (χ1) is 14.2. The number of nitrogens with zero attached hydrogens (tertiary/aromatic N) is 1. The summed E-state index contributed by atoms with van der Waals surface area (Å²) in [6.07, 6.45) is 0.810. The number of hydrogen-bond acceptors (Lipinski definition) is 3. The van der Waals surface area contributed by atoms with Gasteiger partial charge in [0.25, 0.3) is 5.91 Å². The fourth-order valence-corrected chi connectivity index (χ4v) is 3.64. The van der Waals surface area contributed by atoms with E-state index in [-0.39, 0.29) is 24.5 Å². The maximum absolute atomic E-state index is 13.0. The van der Waals surface area contributed by atoms with Gasteiger partial charge in [-0.2, -0.15) is 0 Å². The van der Waals surface area contributed by atoms with Crippen LogP contribution >= 0.6 is 43.5 Å². The molecule has 2 rings (SSSR count). The van der Waals surface area contributed by atoms with E-state index in [9.17, 15) is 9.59 Å². The van der Waals surface area contributed by atoms with E-state index >= 15 is 0 Å². The summed E-state index contributed by atoms with van der Waals surface area (Å²) >= 11 is 12.9. The van der Waals surface area contributed by atoms with Gasteiger partial charge in [0, 0.05) is 21.5 Å². The quantitative estimate of drug-likeness (QED) is 0.436. The molecule has 0 bridgehead atoms. The van der Waals surface area contributed by atoms with Gasteiger partial charge in [0.15, 0.2) is 6.61 Å². The smallest absolute Gasteiger partial charge is 0.261 e. The molecule has 0 heterocycles. The van der Waals surface area contributed by atoms with Gasteiger partial charge in [-0.05, 0) is 56.2 Å². The number of carbonyl (C=O) groups is 2. The van der Waals surface area contributed by atoms with Gasteiger partial charge < -0.3 is 15.0 Å². The van der Waals surface area contributed by atoms with Crippen molar-refractivity contribution in [2.75, 3.05) is 6.61 Å². The monoisotopic (exact) mass is 558 g/mol. The number of hydrogen-bond donors (Lipinski definition) is 1. The second-order valence-electron chi connectivity index (χ2n) is 7.01. The summed E-state index contributed by atoms with van der Waals surface area (Å²) in [6.45, 7) is 5.72. The first kappa shape index (κ1) is 24.7. The molecule has 5 nitrogen and oxygen atoms in total. The molecule has 0 aliphatic carbocycles. The molecule has 0 aliphatic heterocycles. The van der Waals surface area contributed by atoms with Crippen molar-refractivity contribution < 1.29 is 14.3 Å². The van der Waals surface area contributed by atoms with Crippen LogP contribution in [0, 0.1) is 0 Å². The molecule has 0 saturated carbocycles. The minimum Gasteiger partial charge on any atom is -0.482 e. The molecular formula is C22H25Br2ClN2O3. The normalized spacial score (nSPS) is 12.7. The molecule has 0 unspecified atom stereocenters. The molecule has 2 atom stereocenters. The fourth-order valence-electron chi connectivity index (χ4n) is 2.65. The third-order valence-electron chi connectivity index (χ3n) is 4.68. The summed E-state index contributed by atoms with van der Waals surface area (Å²) in [4.78, 5) is 27.2. The number of nitrogens with one attached hydrogen (secondary N) is 1. The molecule has 0 aliphatic rings. The number of rotatable bonds is 9. The number of ether oxygens (including phenoxy) is 1. The number of benzene rings is 2. The lowest BCUT2D eigenvalue weighted by Gasteiger charge is -2.29. The van der Waals surface area contributed by atoms with Crippen LogP contribution in [0.2, 0.25) is 5.02 Å². The molecule has 2 aromatic rings. The Labute approximate surface area is 199 Å². The Hall–Kier alpha value is -1.57. The summed E-state index contributed by atoms with van der Waals surface area (Å²) < 4.78 is 7.40. The SMILES string of the molecule is CC[C@H](C)NC(=O)[C@H](C)N(Cc1ccc(Br)cc1)C(=O)COc1ccc(Br)cc1Cl. The Morgan fingerprint density at radius 1 is 1.10 bits per heavy atom. The third-order valence-corrected chi connectivity index (χ3v) is 6.00. The highest BCUT2D eigenvalue weighted by molar-refractivity contribution is 9.10. The average molecular weight is 561 g/mol. The van der Waals surface area contributed by atoms with E-state index in [1.807, 2.05) is 38.1 Å². The number of amides is 2. The van der Waals surface area contributed by atoms with Gasteiger partial charge in [0.1, 0.15) is 11.8 Å². The Balaban J connectivity index is 2.16. The molecule has 0 saturated heterocycles. The molecule has 30 heavy (non-hydrogen) atoms. The van der Waals surface area contributed by atoms with Crippen LogP contribution in [0.4, 0.5) is 0 Å². The summed E-state index contributed by atoms with van der Waals surface area (Å²) in [5, 5.41) is 3.34. The van der Waals surface area contributed by atoms with Crippen molar-refractivity contribution in [3.63, 3.8) is 0 Å². The molecule has 2 aromatic carbocycles. The molecule has 0 spiro atoms. The van der Waals surface area contributed by atoms with E-state index in [0.29, 0.717) is 17.3 Å². The molecular weight excluding hydrogens is 536 g/mol. The first-order valence-electron chi connectivity index (χ1n) is 9.63. The highest BCUT2D eigenvalue weighted by atomic mass is 79.9. The van der Waals surface area contributed by atoms with Gasteiger partial charge in [0.2, 0.25) is 5.91 Å². The highest BCUT2D eigenvalue weighted by Gasteiger charge is 2.27. The zero-order chi connectivity index (χ0) is 22.3. The van der Waals surface area contributed by atoms with Crippen molar-refractivity contribution in [1.29, 1.82) is 0 Å². The van der Waals surface area contributed by atoms with E-state index in [4.69, 9.17) is 16.3 Å². The van der Waals surface area contributed by atoms with Crippen LogP contribution in [0.3, 0.4) is 0 Å². The lowest BCUT2D eigenvalue weighted by molar-refractivity contribution is -0.142. The van der Waals surface area contributed by atoms with Gasteiger partial charge in [-0.25, -0.2) is 0 Å². The minimum absolute atomic E-state index is 0.0300. The molecule has 0 fully saturated rings. The standard InChI is InChI=1S/C22H25Br2ClN2O3/c1-4-14(2)26-22(29)15(3)27(12-16-5-7-17(23)8-6-16)21(28)13-30-20-10-9-18(24)11-19(20)25/h5-11,14-15H,4,12-13H2,1-3H3,(H,26,29)/t14-,15-/m0/s1. The summed E-state index contributed by atoms with van der Waals surface area (Å²) in [5.41, 5.74) is 0.913. The zero-order valence-corrected chi connectivity index (χ0v) is 21.1. The second-order valence-corrected chi connectivity index (χ2v) is 9.24. The topological polar surface area (TPSA) is 58.6 Å². The Bertz CT molecular complexity index is 877. The fraction of sp³-hybridized carbons (Fsp3) is 0.364. The van der Waals surface area contributed by atoms with E-state index < -0.39 is 6.04 Å². The highest BCUT2D eigenvalue weighted by Crippen LogP contribution is 2.27. The Morgan fingerprint density at radius 3 is 2.33 bits per heavy atom. The van der Waals surface area contributed by atoms with Crippen LogP contribution in [-0.2, 0) is 16.1 Å². The van der Waals surface area contributed by atoms with E-state index in [0.717, 1.165) is 20.9 Å². The predicted molar refractivity (Wildman–Crippen MR) is 127 cm³/mol. The van der Waals surface area contributed by atoms with Crippen LogP contribution in [0.1, 0.15) is 32.8 Å². The van der Waals surface area contributed by atoms with Gasteiger partial charge >= 0.3 is 0 Å². The zero-order valence-electron chi connectivity index (χ0n) is 17.1. The van der Waals surface area contributed by atoms with Crippen molar-refractivity contribution in [1.82, 2.24) is 10.2 Å². The van der Waals surface area contributed by atoms with Crippen LogP contribution < -0.4 is 10.1 Å². The molecule has 1 N–H and O–H groups in total. The van der Waals surface area contributed by atoms with Crippen LogP contribution in [-0.4, -0.2) is 35.4 Å². The Morgan fingerprint density at radius 2 is 1.73 bits per heavy atom. The average Bonchev–Trinajstić information content (AvgIpc) is 2.71. The van der Waals surface area contributed by atoms with Gasteiger partial charge in [0.05, 0.1) is 5.02 Å². The maximum atomic E-state index is 13.0. The van der Waals surface area contributed by atoms with Crippen molar-refractivity contribution in [2.24, 2.45) is 0 Å². The minimum atomic E-state index is -0.654. The van der Waals surface area contributed by atoms with E-state index in [1.54, 1.807) is 25.1 Å².